The van der Waals surface area contributed by atoms with Crippen LogP contribution >= 0.6 is 14.3 Å². The fourth-order valence-electron chi connectivity index (χ4n) is 6.50. The van der Waals surface area contributed by atoms with Crippen LogP contribution in [0, 0.1) is 27.7 Å². The van der Waals surface area contributed by atoms with Gasteiger partial charge < -0.3 is 9.13 Å². The molecule has 0 unspecified atom stereocenters. The van der Waals surface area contributed by atoms with Crippen molar-refractivity contribution in [2.75, 3.05) is 0 Å². The third kappa shape index (κ3) is 6.38. The van der Waals surface area contributed by atoms with Crippen molar-refractivity contribution in [3.8, 4) is 22.3 Å². The van der Waals surface area contributed by atoms with Crippen molar-refractivity contribution in [1.82, 2.24) is 0 Å². The fraction of sp³-hybridized carbons (Fsp3) is 0.0870. The van der Waals surface area contributed by atoms with E-state index in [0.717, 1.165) is 76.3 Å². The zero-order chi connectivity index (χ0) is 34.9. The van der Waals surface area contributed by atoms with E-state index in [1.807, 2.05) is 149 Å². The lowest BCUT2D eigenvalue weighted by molar-refractivity contribution is 0.591. The first-order chi connectivity index (χ1) is 24.1. The molecule has 0 saturated heterocycles. The zero-order valence-corrected chi connectivity index (χ0v) is 30.7. The molecule has 2 nitrogen and oxygen atoms in total. The van der Waals surface area contributed by atoms with Crippen LogP contribution in [0.1, 0.15) is 22.3 Å². The number of rotatable bonds is 8. The van der Waals surface area contributed by atoms with E-state index in [0.29, 0.717) is 0 Å². The normalized spacial score (nSPS) is 11.8. The highest BCUT2D eigenvalue weighted by molar-refractivity contribution is 7.85. The Morgan fingerprint density at radius 3 is 0.560 bits per heavy atom. The quantitative estimate of drug-likeness (QED) is 0.149. The molecule has 50 heavy (non-hydrogen) atoms. The van der Waals surface area contributed by atoms with E-state index in [-0.39, 0.29) is 0 Å². The maximum Gasteiger partial charge on any atom is 0.171 e. The molecule has 7 rings (SSSR count). The minimum atomic E-state index is -3.06. The van der Waals surface area contributed by atoms with Crippen molar-refractivity contribution >= 4 is 46.1 Å². The van der Waals surface area contributed by atoms with Gasteiger partial charge >= 0.3 is 0 Å². The Hall–Kier alpha value is -5.00. The summed E-state index contributed by atoms with van der Waals surface area (Å²) in [6.45, 7) is 8.20. The van der Waals surface area contributed by atoms with E-state index in [4.69, 9.17) is 0 Å². The predicted octanol–water partition coefficient (Wildman–Crippen LogP) is 9.53. The number of hydrogen-bond donors (Lipinski definition) is 0. The standard InChI is InChI=1S/C46H40O2P2/c1-33-5-21-41(22-6-33)49(47,42-23-7-34(2)8-24-42)45-29-17-39(18-30-45)37-13-15-38(16-14-37)40-19-31-46(32-20-40)50(48,43-25-9-35(3)10-26-43)44-27-11-36(4)12-28-44/h5-32H,1-4H3. The molecular weight excluding hydrogens is 646 g/mol. The monoisotopic (exact) mass is 686 g/mol. The molecular formula is C46H40O2P2. The highest BCUT2D eigenvalue weighted by atomic mass is 31.2. The molecule has 4 heteroatoms. The van der Waals surface area contributed by atoms with Gasteiger partial charge in [-0.2, -0.15) is 0 Å². The van der Waals surface area contributed by atoms with Crippen LogP contribution in [0.2, 0.25) is 0 Å². The average Bonchev–Trinajstić information content (AvgIpc) is 3.15. The Labute approximate surface area is 296 Å². The van der Waals surface area contributed by atoms with E-state index >= 15 is 0 Å². The van der Waals surface area contributed by atoms with Crippen molar-refractivity contribution in [2.24, 2.45) is 0 Å². The first kappa shape index (κ1) is 33.5. The summed E-state index contributed by atoms with van der Waals surface area (Å²) in [6.07, 6.45) is 0. The molecule has 0 aliphatic rings. The lowest BCUT2D eigenvalue weighted by Crippen LogP contribution is -2.25. The molecule has 0 saturated carbocycles. The van der Waals surface area contributed by atoms with Gasteiger partial charge in [-0.25, -0.2) is 0 Å². The van der Waals surface area contributed by atoms with Gasteiger partial charge in [-0.05, 0) is 49.9 Å². The Morgan fingerprint density at radius 1 is 0.240 bits per heavy atom. The second kappa shape index (κ2) is 13.7. The summed E-state index contributed by atoms with van der Waals surface area (Å²) in [6, 6.07) is 57.1. The highest BCUT2D eigenvalue weighted by Gasteiger charge is 2.31. The van der Waals surface area contributed by atoms with Gasteiger partial charge in [0, 0.05) is 31.8 Å². The summed E-state index contributed by atoms with van der Waals surface area (Å²) >= 11 is 0. The molecule has 0 amide bonds. The molecule has 246 valence electrons. The van der Waals surface area contributed by atoms with E-state index in [1.54, 1.807) is 0 Å². The summed E-state index contributed by atoms with van der Waals surface area (Å²) < 4.78 is 29.9. The molecule has 0 heterocycles. The highest BCUT2D eigenvalue weighted by Crippen LogP contribution is 2.44. The molecule has 0 radical (unpaired) electrons. The Kier molecular flexibility index (Phi) is 9.19. The van der Waals surface area contributed by atoms with Crippen LogP contribution in [-0.2, 0) is 9.13 Å². The lowest BCUT2D eigenvalue weighted by Gasteiger charge is -2.21. The summed E-state index contributed by atoms with van der Waals surface area (Å²) in [5, 5.41) is 4.99. The maximum absolute atomic E-state index is 14.9. The molecule has 0 bridgehead atoms. The lowest BCUT2D eigenvalue weighted by atomic mass is 10.0. The number of hydrogen-bond acceptors (Lipinski definition) is 2. The third-order valence-corrected chi connectivity index (χ3v) is 15.8. The minimum Gasteiger partial charge on any atom is -0.309 e. The van der Waals surface area contributed by atoms with Crippen LogP contribution in [0.5, 0.6) is 0 Å². The second-order valence-corrected chi connectivity index (χ2v) is 18.8. The van der Waals surface area contributed by atoms with Gasteiger partial charge in [0.1, 0.15) is 0 Å². The smallest absolute Gasteiger partial charge is 0.171 e. The fourth-order valence-corrected chi connectivity index (χ4v) is 11.7. The predicted molar refractivity (Wildman–Crippen MR) is 215 cm³/mol. The van der Waals surface area contributed by atoms with Gasteiger partial charge in [-0.1, -0.05) is 192 Å². The van der Waals surface area contributed by atoms with Crippen LogP contribution in [0.15, 0.2) is 170 Å². The van der Waals surface area contributed by atoms with E-state index in [9.17, 15) is 9.13 Å². The summed E-state index contributed by atoms with van der Waals surface area (Å²) in [5.74, 6) is 0. The molecule has 0 atom stereocenters. The summed E-state index contributed by atoms with van der Waals surface area (Å²) in [4.78, 5) is 0. The van der Waals surface area contributed by atoms with Gasteiger partial charge in [0.05, 0.1) is 0 Å². The van der Waals surface area contributed by atoms with Crippen LogP contribution in [0.25, 0.3) is 22.3 Å². The largest absolute Gasteiger partial charge is 0.309 e. The van der Waals surface area contributed by atoms with Crippen molar-refractivity contribution in [1.29, 1.82) is 0 Å². The van der Waals surface area contributed by atoms with Crippen LogP contribution in [0.3, 0.4) is 0 Å². The average molecular weight is 687 g/mol. The molecule has 0 fully saturated rings. The molecule has 7 aromatic carbocycles. The van der Waals surface area contributed by atoms with E-state index in [1.165, 1.54) is 0 Å². The molecule has 0 aliphatic heterocycles. The molecule has 0 aliphatic carbocycles. The Morgan fingerprint density at radius 2 is 0.380 bits per heavy atom. The topological polar surface area (TPSA) is 34.1 Å². The van der Waals surface area contributed by atoms with Gasteiger partial charge in [0.2, 0.25) is 0 Å². The van der Waals surface area contributed by atoms with Crippen LogP contribution < -0.4 is 31.8 Å². The van der Waals surface area contributed by atoms with Crippen LogP contribution in [0.4, 0.5) is 0 Å². The van der Waals surface area contributed by atoms with Crippen molar-refractivity contribution in [2.45, 2.75) is 27.7 Å². The Balaban J connectivity index is 1.17. The molecule has 7 aromatic rings. The van der Waals surface area contributed by atoms with Gasteiger partial charge in [0.25, 0.3) is 0 Å². The van der Waals surface area contributed by atoms with Crippen molar-refractivity contribution in [3.63, 3.8) is 0 Å². The first-order valence-electron chi connectivity index (χ1n) is 17.0. The molecule has 0 spiro atoms. The zero-order valence-electron chi connectivity index (χ0n) is 28.9. The van der Waals surface area contributed by atoms with E-state index in [2.05, 4.69) is 48.5 Å². The number of aryl methyl sites for hydroxylation is 4. The summed E-state index contributed by atoms with van der Waals surface area (Å²) in [5.41, 5.74) is 8.86. The summed E-state index contributed by atoms with van der Waals surface area (Å²) in [7, 11) is -6.11. The maximum atomic E-state index is 14.9. The van der Waals surface area contributed by atoms with Gasteiger partial charge in [0.15, 0.2) is 14.3 Å². The minimum absolute atomic E-state index is 0.819. The second-order valence-electron chi connectivity index (χ2n) is 13.2. The molecule has 0 aromatic heterocycles. The number of benzene rings is 7. The van der Waals surface area contributed by atoms with E-state index < -0.39 is 14.3 Å². The SMILES string of the molecule is Cc1ccc(P(=O)(c2ccc(C)cc2)c2ccc(-c3ccc(-c4ccc(P(=O)(c5ccc(C)cc5)c5ccc(C)cc5)cc4)cc3)cc2)cc1. The van der Waals surface area contributed by atoms with Crippen molar-refractivity contribution < 1.29 is 9.13 Å². The third-order valence-electron chi connectivity index (χ3n) is 9.60. The first-order valence-corrected chi connectivity index (χ1v) is 20.4. The Bertz CT molecular complexity index is 2070. The van der Waals surface area contributed by atoms with Gasteiger partial charge in [-0.3, -0.25) is 0 Å². The van der Waals surface area contributed by atoms with Crippen molar-refractivity contribution in [3.05, 3.63) is 192 Å². The van der Waals surface area contributed by atoms with Gasteiger partial charge in [-0.15, -0.1) is 0 Å². The molecule has 0 N–H and O–H groups in total. The van der Waals surface area contributed by atoms with Crippen LogP contribution in [-0.4, -0.2) is 0 Å².